The molecular formula is C12H21N3O. The van der Waals surface area contributed by atoms with E-state index in [0.717, 1.165) is 32.4 Å². The lowest BCUT2D eigenvalue weighted by atomic mass is 10.0. The Morgan fingerprint density at radius 1 is 1.56 bits per heavy atom. The van der Waals surface area contributed by atoms with Gasteiger partial charge in [0.25, 0.3) is 0 Å². The Balaban J connectivity index is 1.94. The molecule has 1 aromatic rings. The number of hydrogen-bond acceptors (Lipinski definition) is 3. The molecule has 0 amide bonds. The van der Waals surface area contributed by atoms with Gasteiger partial charge < -0.3 is 10.1 Å². The van der Waals surface area contributed by atoms with E-state index in [1.807, 2.05) is 13.2 Å². The molecule has 1 aromatic heterocycles. The molecule has 4 heteroatoms. The van der Waals surface area contributed by atoms with E-state index in [9.17, 15) is 0 Å². The summed E-state index contributed by atoms with van der Waals surface area (Å²) in [6.45, 7) is 1.94. The first kappa shape index (κ1) is 11.6. The summed E-state index contributed by atoms with van der Waals surface area (Å²) in [6, 6.07) is 0. The Morgan fingerprint density at radius 3 is 3.25 bits per heavy atom. The van der Waals surface area contributed by atoms with Crippen molar-refractivity contribution in [1.82, 2.24) is 15.5 Å². The van der Waals surface area contributed by atoms with Crippen LogP contribution in [0.3, 0.4) is 0 Å². The van der Waals surface area contributed by atoms with Crippen LogP contribution in [0.1, 0.15) is 43.0 Å². The van der Waals surface area contributed by atoms with Crippen molar-refractivity contribution in [1.29, 1.82) is 0 Å². The molecule has 90 valence electrons. The van der Waals surface area contributed by atoms with Crippen LogP contribution in [0.5, 0.6) is 0 Å². The molecule has 1 aliphatic heterocycles. The molecule has 0 bridgehead atoms. The molecule has 1 aliphatic rings. The van der Waals surface area contributed by atoms with Gasteiger partial charge in [0.1, 0.15) is 0 Å². The third-order valence-electron chi connectivity index (χ3n) is 3.13. The minimum Gasteiger partial charge on any atom is -0.372 e. The van der Waals surface area contributed by atoms with Crippen LogP contribution >= 0.6 is 0 Å². The van der Waals surface area contributed by atoms with Gasteiger partial charge in [-0.2, -0.15) is 5.10 Å². The van der Waals surface area contributed by atoms with E-state index < -0.39 is 0 Å². The van der Waals surface area contributed by atoms with Crippen molar-refractivity contribution in [2.45, 2.75) is 38.2 Å². The fourth-order valence-electron chi connectivity index (χ4n) is 2.22. The number of nitrogens with zero attached hydrogens (tertiary/aromatic N) is 1. The number of hydrogen-bond donors (Lipinski definition) is 2. The third kappa shape index (κ3) is 2.83. The molecule has 4 nitrogen and oxygen atoms in total. The highest BCUT2D eigenvalue weighted by Gasteiger charge is 2.20. The van der Waals surface area contributed by atoms with Crippen molar-refractivity contribution >= 4 is 0 Å². The zero-order chi connectivity index (χ0) is 11.2. The SMILES string of the molecule is CNCCCc1cn[nH]c1C1CCCCO1. The summed E-state index contributed by atoms with van der Waals surface area (Å²) >= 11 is 0. The maximum absolute atomic E-state index is 5.78. The number of aromatic amines is 1. The summed E-state index contributed by atoms with van der Waals surface area (Å²) in [5.41, 5.74) is 2.53. The predicted octanol–water partition coefficient (Wildman–Crippen LogP) is 1.80. The van der Waals surface area contributed by atoms with Crippen molar-refractivity contribution in [2.75, 3.05) is 20.2 Å². The van der Waals surface area contributed by atoms with Crippen LogP contribution in [-0.4, -0.2) is 30.4 Å². The molecule has 2 N–H and O–H groups in total. The molecule has 1 saturated heterocycles. The van der Waals surface area contributed by atoms with E-state index in [0.29, 0.717) is 0 Å². The van der Waals surface area contributed by atoms with Gasteiger partial charge >= 0.3 is 0 Å². The van der Waals surface area contributed by atoms with Crippen LogP contribution in [0.4, 0.5) is 0 Å². The number of H-pyrrole nitrogens is 1. The fourth-order valence-corrected chi connectivity index (χ4v) is 2.22. The minimum atomic E-state index is 0.251. The first-order chi connectivity index (χ1) is 7.92. The van der Waals surface area contributed by atoms with Crippen LogP contribution in [-0.2, 0) is 11.2 Å². The van der Waals surface area contributed by atoms with Crippen LogP contribution in [0.2, 0.25) is 0 Å². The molecule has 0 radical (unpaired) electrons. The normalized spacial score (nSPS) is 21.2. The molecule has 2 heterocycles. The number of rotatable bonds is 5. The van der Waals surface area contributed by atoms with Crippen LogP contribution in [0.25, 0.3) is 0 Å². The second-order valence-electron chi connectivity index (χ2n) is 4.37. The zero-order valence-electron chi connectivity index (χ0n) is 9.96. The Labute approximate surface area is 96.8 Å². The zero-order valence-corrected chi connectivity index (χ0v) is 9.96. The van der Waals surface area contributed by atoms with Gasteiger partial charge in [0.15, 0.2) is 0 Å². The Hall–Kier alpha value is -0.870. The fraction of sp³-hybridized carbons (Fsp3) is 0.750. The highest BCUT2D eigenvalue weighted by Crippen LogP contribution is 2.28. The standard InChI is InChI=1S/C12H21N3O/c1-13-7-4-5-10-9-14-15-12(10)11-6-2-3-8-16-11/h9,11,13H,2-8H2,1H3,(H,14,15). The lowest BCUT2D eigenvalue weighted by molar-refractivity contribution is 0.0118. The maximum atomic E-state index is 5.78. The molecule has 1 atom stereocenters. The van der Waals surface area contributed by atoms with Crippen LogP contribution in [0, 0.1) is 0 Å². The summed E-state index contributed by atoms with van der Waals surface area (Å²) in [5.74, 6) is 0. The van der Waals surface area contributed by atoms with E-state index in [-0.39, 0.29) is 6.10 Å². The van der Waals surface area contributed by atoms with Gasteiger partial charge in [-0.1, -0.05) is 0 Å². The molecule has 0 aliphatic carbocycles. The molecule has 16 heavy (non-hydrogen) atoms. The lowest BCUT2D eigenvalue weighted by Gasteiger charge is -2.22. The Kier molecular flexibility index (Phi) is 4.36. The van der Waals surface area contributed by atoms with Gasteiger partial charge in [0.05, 0.1) is 18.0 Å². The summed E-state index contributed by atoms with van der Waals surface area (Å²) in [5, 5.41) is 10.4. The Morgan fingerprint density at radius 2 is 2.50 bits per heavy atom. The first-order valence-electron chi connectivity index (χ1n) is 6.20. The molecular weight excluding hydrogens is 202 g/mol. The van der Waals surface area contributed by atoms with Crippen molar-refractivity contribution < 1.29 is 4.74 Å². The molecule has 0 aromatic carbocycles. The third-order valence-corrected chi connectivity index (χ3v) is 3.13. The number of ether oxygens (including phenoxy) is 1. The smallest absolute Gasteiger partial charge is 0.0991 e. The molecule has 2 rings (SSSR count). The largest absolute Gasteiger partial charge is 0.372 e. The maximum Gasteiger partial charge on any atom is 0.0991 e. The number of aryl methyl sites for hydroxylation is 1. The highest BCUT2D eigenvalue weighted by atomic mass is 16.5. The van der Waals surface area contributed by atoms with Crippen molar-refractivity contribution in [3.63, 3.8) is 0 Å². The average Bonchev–Trinajstić information content (AvgIpc) is 2.79. The lowest BCUT2D eigenvalue weighted by Crippen LogP contribution is -2.14. The van der Waals surface area contributed by atoms with Gasteiger partial charge in [-0.25, -0.2) is 0 Å². The Bertz CT molecular complexity index is 305. The van der Waals surface area contributed by atoms with Gasteiger partial charge in [-0.15, -0.1) is 0 Å². The second-order valence-corrected chi connectivity index (χ2v) is 4.37. The van der Waals surface area contributed by atoms with E-state index in [2.05, 4.69) is 15.5 Å². The average molecular weight is 223 g/mol. The van der Waals surface area contributed by atoms with E-state index in [1.54, 1.807) is 0 Å². The molecule has 0 spiro atoms. The summed E-state index contributed by atoms with van der Waals surface area (Å²) in [4.78, 5) is 0. The van der Waals surface area contributed by atoms with E-state index in [4.69, 9.17) is 4.74 Å². The summed E-state index contributed by atoms with van der Waals surface area (Å²) in [6.07, 6.45) is 8.01. The van der Waals surface area contributed by atoms with Gasteiger partial charge in [-0.3, -0.25) is 5.10 Å². The monoisotopic (exact) mass is 223 g/mol. The molecule has 0 saturated carbocycles. The van der Waals surface area contributed by atoms with Crippen LogP contribution in [0.15, 0.2) is 6.20 Å². The van der Waals surface area contributed by atoms with Crippen LogP contribution < -0.4 is 5.32 Å². The quantitative estimate of drug-likeness (QED) is 0.748. The molecule has 1 fully saturated rings. The van der Waals surface area contributed by atoms with Crippen molar-refractivity contribution in [3.8, 4) is 0 Å². The van der Waals surface area contributed by atoms with E-state index in [1.165, 1.54) is 24.1 Å². The van der Waals surface area contributed by atoms with E-state index >= 15 is 0 Å². The van der Waals surface area contributed by atoms with Gasteiger partial charge in [0.2, 0.25) is 0 Å². The van der Waals surface area contributed by atoms with Gasteiger partial charge in [-0.05, 0) is 51.3 Å². The minimum absolute atomic E-state index is 0.251. The number of aromatic nitrogens is 2. The van der Waals surface area contributed by atoms with Gasteiger partial charge in [0, 0.05) is 6.61 Å². The summed E-state index contributed by atoms with van der Waals surface area (Å²) < 4.78 is 5.78. The molecule has 1 unspecified atom stereocenters. The first-order valence-corrected chi connectivity index (χ1v) is 6.20. The topological polar surface area (TPSA) is 49.9 Å². The van der Waals surface area contributed by atoms with Crippen molar-refractivity contribution in [3.05, 3.63) is 17.5 Å². The summed E-state index contributed by atoms with van der Waals surface area (Å²) in [7, 11) is 1.99. The van der Waals surface area contributed by atoms with Crippen molar-refractivity contribution in [2.24, 2.45) is 0 Å². The highest BCUT2D eigenvalue weighted by molar-refractivity contribution is 5.19. The predicted molar refractivity (Wildman–Crippen MR) is 63.4 cm³/mol. The second kappa shape index (κ2) is 6.01. The number of nitrogens with one attached hydrogen (secondary N) is 2.